The third-order valence-corrected chi connectivity index (χ3v) is 6.67. The molecule has 0 atom stereocenters. The minimum atomic E-state index is 0.213. The van der Waals surface area contributed by atoms with Crippen LogP contribution in [0.3, 0.4) is 0 Å². The summed E-state index contributed by atoms with van der Waals surface area (Å²) in [6.07, 6.45) is 2.65. The van der Waals surface area contributed by atoms with Crippen molar-refractivity contribution < 1.29 is 9.53 Å². The lowest BCUT2D eigenvalue weighted by Crippen LogP contribution is -2.38. The summed E-state index contributed by atoms with van der Waals surface area (Å²) in [7, 11) is 0. The molecule has 0 aliphatic carbocycles. The first-order valence-corrected chi connectivity index (χ1v) is 11.2. The molecule has 2 saturated heterocycles. The van der Waals surface area contributed by atoms with Crippen LogP contribution in [0.4, 0.5) is 0 Å². The lowest BCUT2D eigenvalue weighted by atomic mass is 9.99. The summed E-state index contributed by atoms with van der Waals surface area (Å²) in [6, 6.07) is 8.66. The molecule has 2 aliphatic heterocycles. The quantitative estimate of drug-likeness (QED) is 0.773. The Labute approximate surface area is 171 Å². The minimum absolute atomic E-state index is 0.213. The Hall–Kier alpha value is -1.76. The van der Waals surface area contributed by atoms with Crippen LogP contribution in [-0.4, -0.2) is 60.1 Å². The third-order valence-electron chi connectivity index (χ3n) is 5.73. The van der Waals surface area contributed by atoms with Gasteiger partial charge in [-0.15, -0.1) is 11.3 Å². The van der Waals surface area contributed by atoms with Crippen molar-refractivity contribution in [3.63, 3.8) is 0 Å². The second kappa shape index (κ2) is 9.16. The summed E-state index contributed by atoms with van der Waals surface area (Å²) in [5, 5.41) is 3.02. The zero-order valence-electron chi connectivity index (χ0n) is 16.6. The number of amides is 1. The van der Waals surface area contributed by atoms with Crippen molar-refractivity contribution in [3.8, 4) is 10.6 Å². The molecule has 4 rings (SSSR count). The largest absolute Gasteiger partial charge is 0.379 e. The predicted molar refractivity (Wildman–Crippen MR) is 112 cm³/mol. The van der Waals surface area contributed by atoms with Gasteiger partial charge >= 0.3 is 0 Å². The highest BCUT2D eigenvalue weighted by atomic mass is 32.1. The van der Waals surface area contributed by atoms with E-state index in [0.717, 1.165) is 81.0 Å². The van der Waals surface area contributed by atoms with Crippen LogP contribution in [0.2, 0.25) is 0 Å². The van der Waals surface area contributed by atoms with Gasteiger partial charge in [0.05, 0.1) is 25.3 Å². The summed E-state index contributed by atoms with van der Waals surface area (Å²) in [5.74, 6) is 0.950. The van der Waals surface area contributed by atoms with E-state index in [1.807, 2.05) is 10.3 Å². The van der Waals surface area contributed by atoms with Gasteiger partial charge < -0.3 is 9.64 Å². The topological polar surface area (TPSA) is 45.7 Å². The van der Waals surface area contributed by atoms with E-state index in [4.69, 9.17) is 9.72 Å². The van der Waals surface area contributed by atoms with E-state index in [9.17, 15) is 4.79 Å². The lowest BCUT2D eigenvalue weighted by molar-refractivity contribution is -0.131. The van der Waals surface area contributed by atoms with Crippen LogP contribution < -0.4 is 0 Å². The molecule has 3 heterocycles. The van der Waals surface area contributed by atoms with E-state index in [2.05, 4.69) is 36.1 Å². The molecule has 0 spiro atoms. The maximum Gasteiger partial charge on any atom is 0.228 e. The molecule has 28 heavy (non-hydrogen) atoms. The normalized spacial score (nSPS) is 19.1. The average molecular weight is 400 g/mol. The number of carbonyl (C=O) groups is 1. The molecular formula is C22H29N3O2S. The van der Waals surface area contributed by atoms with Crippen molar-refractivity contribution in [1.82, 2.24) is 14.8 Å². The number of ether oxygens (including phenoxy) is 1. The summed E-state index contributed by atoms with van der Waals surface area (Å²) < 4.78 is 5.41. The van der Waals surface area contributed by atoms with Crippen molar-refractivity contribution in [2.75, 3.05) is 39.4 Å². The van der Waals surface area contributed by atoms with Crippen molar-refractivity contribution >= 4 is 17.2 Å². The number of carbonyl (C=O) groups excluding carboxylic acids is 1. The fourth-order valence-electron chi connectivity index (χ4n) is 3.82. The van der Waals surface area contributed by atoms with Crippen LogP contribution in [0.5, 0.6) is 0 Å². The second-order valence-electron chi connectivity index (χ2n) is 7.97. The van der Waals surface area contributed by atoms with E-state index < -0.39 is 0 Å². The van der Waals surface area contributed by atoms with Gasteiger partial charge in [-0.2, -0.15) is 0 Å². The maximum atomic E-state index is 12.5. The standard InChI is InChI=1S/C22H29N3O2S/c1-17-6-8-25(9-7-17)21(26)14-20-16-28-22(23-20)19-4-2-18(3-5-19)15-24-10-12-27-13-11-24/h2-5,16-17H,6-15H2,1H3. The Balaban J connectivity index is 1.34. The molecule has 5 nitrogen and oxygen atoms in total. The van der Waals surface area contributed by atoms with Crippen LogP contribution in [0.15, 0.2) is 29.6 Å². The monoisotopic (exact) mass is 399 g/mol. The van der Waals surface area contributed by atoms with Crippen molar-refractivity contribution in [1.29, 1.82) is 0 Å². The summed E-state index contributed by atoms with van der Waals surface area (Å²) >= 11 is 1.62. The minimum Gasteiger partial charge on any atom is -0.379 e. The van der Waals surface area contributed by atoms with Crippen LogP contribution >= 0.6 is 11.3 Å². The van der Waals surface area contributed by atoms with Gasteiger partial charge in [-0.05, 0) is 24.3 Å². The molecule has 0 N–H and O–H groups in total. The van der Waals surface area contributed by atoms with Gasteiger partial charge in [-0.1, -0.05) is 31.2 Å². The molecule has 1 aromatic heterocycles. The SMILES string of the molecule is CC1CCN(C(=O)Cc2csc(-c3ccc(CN4CCOCC4)cc3)n2)CC1. The first-order chi connectivity index (χ1) is 13.7. The van der Waals surface area contributed by atoms with E-state index in [0.29, 0.717) is 6.42 Å². The number of hydrogen-bond acceptors (Lipinski definition) is 5. The highest BCUT2D eigenvalue weighted by Crippen LogP contribution is 2.25. The zero-order valence-corrected chi connectivity index (χ0v) is 17.4. The number of morpholine rings is 1. The van der Waals surface area contributed by atoms with E-state index in [1.54, 1.807) is 11.3 Å². The van der Waals surface area contributed by atoms with Gasteiger partial charge in [0.2, 0.25) is 5.91 Å². The summed E-state index contributed by atoms with van der Waals surface area (Å²) in [6.45, 7) is 8.67. The number of hydrogen-bond donors (Lipinski definition) is 0. The molecule has 2 aliphatic rings. The molecule has 2 aromatic rings. The highest BCUT2D eigenvalue weighted by Gasteiger charge is 2.21. The van der Waals surface area contributed by atoms with Crippen LogP contribution in [0.25, 0.3) is 10.6 Å². The first kappa shape index (κ1) is 19.6. The third kappa shape index (κ3) is 4.99. The smallest absolute Gasteiger partial charge is 0.228 e. The number of thiazole rings is 1. The molecular weight excluding hydrogens is 370 g/mol. The Kier molecular flexibility index (Phi) is 6.40. The van der Waals surface area contributed by atoms with Crippen molar-refractivity contribution in [2.24, 2.45) is 5.92 Å². The Bertz CT molecular complexity index is 775. The van der Waals surface area contributed by atoms with E-state index in [-0.39, 0.29) is 5.91 Å². The van der Waals surface area contributed by atoms with Gasteiger partial charge in [0, 0.05) is 43.7 Å². The molecule has 1 amide bonds. The average Bonchev–Trinajstić information content (AvgIpc) is 3.18. The van der Waals surface area contributed by atoms with Gasteiger partial charge in [-0.3, -0.25) is 9.69 Å². The maximum absolute atomic E-state index is 12.5. The Morgan fingerprint density at radius 3 is 2.57 bits per heavy atom. The molecule has 0 unspecified atom stereocenters. The van der Waals surface area contributed by atoms with Crippen LogP contribution in [-0.2, 0) is 22.5 Å². The Morgan fingerprint density at radius 2 is 1.86 bits per heavy atom. The molecule has 0 saturated carbocycles. The van der Waals surface area contributed by atoms with Crippen molar-refractivity contribution in [2.45, 2.75) is 32.7 Å². The number of piperidine rings is 1. The van der Waals surface area contributed by atoms with Gasteiger partial charge in [-0.25, -0.2) is 4.98 Å². The number of rotatable bonds is 5. The van der Waals surface area contributed by atoms with Gasteiger partial charge in [0.15, 0.2) is 0 Å². The second-order valence-corrected chi connectivity index (χ2v) is 8.83. The molecule has 1 aromatic carbocycles. The van der Waals surface area contributed by atoms with Crippen LogP contribution in [0.1, 0.15) is 31.0 Å². The first-order valence-electron chi connectivity index (χ1n) is 10.3. The summed E-state index contributed by atoms with van der Waals surface area (Å²) in [5.41, 5.74) is 3.33. The molecule has 0 radical (unpaired) electrons. The van der Waals surface area contributed by atoms with E-state index >= 15 is 0 Å². The molecule has 6 heteroatoms. The van der Waals surface area contributed by atoms with Crippen molar-refractivity contribution in [3.05, 3.63) is 40.9 Å². The molecule has 0 bridgehead atoms. The molecule has 2 fully saturated rings. The predicted octanol–water partition coefficient (Wildman–Crippen LogP) is 3.44. The molecule has 150 valence electrons. The van der Waals surface area contributed by atoms with Gasteiger partial charge in [0.25, 0.3) is 0 Å². The summed E-state index contributed by atoms with van der Waals surface area (Å²) in [4.78, 5) is 21.7. The number of aromatic nitrogens is 1. The van der Waals surface area contributed by atoms with E-state index in [1.165, 1.54) is 5.56 Å². The number of likely N-dealkylation sites (tertiary alicyclic amines) is 1. The number of nitrogens with zero attached hydrogens (tertiary/aromatic N) is 3. The fourth-order valence-corrected chi connectivity index (χ4v) is 4.64. The lowest BCUT2D eigenvalue weighted by Gasteiger charge is -2.30. The Morgan fingerprint density at radius 1 is 1.14 bits per heavy atom. The van der Waals surface area contributed by atoms with Gasteiger partial charge in [0.1, 0.15) is 5.01 Å². The fraction of sp³-hybridized carbons (Fsp3) is 0.545. The number of benzene rings is 1. The van der Waals surface area contributed by atoms with Crippen LogP contribution in [0, 0.1) is 5.92 Å². The highest BCUT2D eigenvalue weighted by molar-refractivity contribution is 7.13. The zero-order chi connectivity index (χ0) is 19.3.